The summed E-state index contributed by atoms with van der Waals surface area (Å²) in [5.41, 5.74) is 1.61. The number of nitrogens with zero attached hydrogens (tertiary/aromatic N) is 4. The molecule has 1 aromatic rings. The van der Waals surface area contributed by atoms with Gasteiger partial charge in [0.25, 0.3) is 0 Å². The van der Waals surface area contributed by atoms with Crippen molar-refractivity contribution in [2.45, 2.75) is 40.2 Å². The number of anilines is 1. The van der Waals surface area contributed by atoms with E-state index < -0.39 is 0 Å². The molecule has 1 aromatic heterocycles. The highest BCUT2D eigenvalue weighted by Gasteiger charge is 2.23. The molecule has 2 heterocycles. The lowest BCUT2D eigenvalue weighted by molar-refractivity contribution is 0.112. The molecule has 1 N–H and O–H groups in total. The van der Waals surface area contributed by atoms with Gasteiger partial charge in [-0.2, -0.15) is 0 Å². The molecule has 0 aromatic carbocycles. The lowest BCUT2D eigenvalue weighted by Crippen LogP contribution is -2.50. The minimum Gasteiger partial charge on any atom is -0.504 e. The molecule has 1 saturated heterocycles. The normalized spacial score (nSPS) is 17.5. The van der Waals surface area contributed by atoms with Gasteiger partial charge in [0.15, 0.2) is 17.9 Å². The second-order valence-corrected chi connectivity index (χ2v) is 9.47. The molecule has 1 aliphatic heterocycles. The number of hydrogen-bond acceptors (Lipinski definition) is 6. The van der Waals surface area contributed by atoms with Crippen LogP contribution in [-0.4, -0.2) is 78.0 Å². The van der Waals surface area contributed by atoms with E-state index in [2.05, 4.69) is 56.4 Å². The number of rotatable bonds is 11. The van der Waals surface area contributed by atoms with E-state index in [1.807, 2.05) is 12.2 Å². The maximum atomic E-state index is 13.0. The average molecular weight is 523 g/mol. The number of allylic oxidation sites excluding steroid dienone is 5. The van der Waals surface area contributed by atoms with Crippen molar-refractivity contribution in [2.24, 2.45) is 0 Å². The zero-order chi connectivity index (χ0) is 24.4. The lowest BCUT2D eigenvalue weighted by atomic mass is 10.1. The Morgan fingerprint density at radius 3 is 2.58 bits per heavy atom. The third kappa shape index (κ3) is 9.02. The van der Waals surface area contributed by atoms with Gasteiger partial charge in [-0.1, -0.05) is 34.5 Å². The lowest BCUT2D eigenvalue weighted by Gasteiger charge is -2.39. The van der Waals surface area contributed by atoms with E-state index in [4.69, 9.17) is 0 Å². The minimum absolute atomic E-state index is 0.0563. The van der Waals surface area contributed by atoms with Crippen LogP contribution in [0.4, 0.5) is 10.2 Å². The molecular formula is C25H36BrFN4O2. The van der Waals surface area contributed by atoms with Gasteiger partial charge in [0, 0.05) is 55.0 Å². The Bertz CT molecular complexity index is 875. The Hall–Kier alpha value is -2.03. The molecule has 0 amide bonds. The van der Waals surface area contributed by atoms with Gasteiger partial charge in [-0.3, -0.25) is 14.6 Å². The van der Waals surface area contributed by atoms with Gasteiger partial charge in [-0.05, 0) is 58.5 Å². The molecule has 0 radical (unpaired) electrons. The summed E-state index contributed by atoms with van der Waals surface area (Å²) in [5.74, 6) is 0.379. The summed E-state index contributed by atoms with van der Waals surface area (Å²) in [6, 6.07) is 1.92. The molecule has 6 nitrogen and oxygen atoms in total. The maximum absolute atomic E-state index is 13.0. The summed E-state index contributed by atoms with van der Waals surface area (Å²) in [7, 11) is 0. The molecule has 182 valence electrons. The van der Waals surface area contributed by atoms with Crippen molar-refractivity contribution in [1.29, 1.82) is 0 Å². The summed E-state index contributed by atoms with van der Waals surface area (Å²) in [6.07, 6.45) is 8.63. The molecule has 33 heavy (non-hydrogen) atoms. The van der Waals surface area contributed by atoms with Crippen LogP contribution < -0.4 is 4.90 Å². The Morgan fingerprint density at radius 2 is 2.00 bits per heavy atom. The highest BCUT2D eigenvalue weighted by atomic mass is 79.9. The van der Waals surface area contributed by atoms with Gasteiger partial charge < -0.3 is 10.0 Å². The maximum Gasteiger partial charge on any atom is 0.171 e. The molecular weight excluding hydrogens is 487 g/mol. The SMILES string of the molecule is CCN(CCC(C)N1CCN(c2ncc(C=O)cc2O)CC1)C/C(C)=C/C=C(Br)\C=C(/C)F. The zero-order valence-corrected chi connectivity index (χ0v) is 21.7. The number of piperazine rings is 1. The Kier molecular flexibility index (Phi) is 11.2. The van der Waals surface area contributed by atoms with Gasteiger partial charge in [-0.25, -0.2) is 9.37 Å². The fraction of sp³-hybridized carbons (Fsp3) is 0.520. The van der Waals surface area contributed by atoms with E-state index in [1.54, 1.807) is 0 Å². The molecule has 0 saturated carbocycles. The molecule has 1 aliphatic rings. The molecule has 0 bridgehead atoms. The van der Waals surface area contributed by atoms with E-state index in [-0.39, 0.29) is 11.6 Å². The van der Waals surface area contributed by atoms with Crippen LogP contribution >= 0.6 is 15.9 Å². The van der Waals surface area contributed by atoms with Crippen LogP contribution in [0, 0.1) is 0 Å². The molecule has 1 atom stereocenters. The predicted molar refractivity (Wildman–Crippen MR) is 137 cm³/mol. The summed E-state index contributed by atoms with van der Waals surface area (Å²) in [4.78, 5) is 22.1. The highest BCUT2D eigenvalue weighted by molar-refractivity contribution is 9.11. The first-order valence-electron chi connectivity index (χ1n) is 11.5. The Morgan fingerprint density at radius 1 is 1.30 bits per heavy atom. The monoisotopic (exact) mass is 522 g/mol. The van der Waals surface area contributed by atoms with Gasteiger partial charge in [0.1, 0.15) is 0 Å². The molecule has 1 unspecified atom stereocenters. The Balaban J connectivity index is 1.82. The number of aldehydes is 1. The smallest absolute Gasteiger partial charge is 0.171 e. The van der Waals surface area contributed by atoms with Crippen molar-refractivity contribution >= 4 is 28.0 Å². The summed E-state index contributed by atoms with van der Waals surface area (Å²) >= 11 is 3.36. The van der Waals surface area contributed by atoms with Crippen LogP contribution in [0.1, 0.15) is 44.5 Å². The highest BCUT2D eigenvalue weighted by Crippen LogP contribution is 2.26. The molecule has 2 rings (SSSR count). The van der Waals surface area contributed by atoms with Crippen LogP contribution in [0.5, 0.6) is 5.75 Å². The van der Waals surface area contributed by atoms with Crippen LogP contribution in [-0.2, 0) is 0 Å². The number of aromatic nitrogens is 1. The molecule has 8 heteroatoms. The first-order chi connectivity index (χ1) is 15.7. The van der Waals surface area contributed by atoms with Crippen LogP contribution in [0.15, 0.2) is 46.4 Å². The van der Waals surface area contributed by atoms with Crippen LogP contribution in [0.3, 0.4) is 0 Å². The van der Waals surface area contributed by atoms with Crippen molar-refractivity contribution in [2.75, 3.05) is 50.7 Å². The van der Waals surface area contributed by atoms with Gasteiger partial charge in [0.05, 0.1) is 5.83 Å². The Labute approximate surface area is 205 Å². The van der Waals surface area contributed by atoms with Crippen molar-refractivity contribution in [3.8, 4) is 5.75 Å². The zero-order valence-electron chi connectivity index (χ0n) is 20.1. The first-order valence-corrected chi connectivity index (χ1v) is 12.2. The molecule has 1 fully saturated rings. The molecule has 0 spiro atoms. The largest absolute Gasteiger partial charge is 0.504 e. The third-order valence-electron chi connectivity index (χ3n) is 5.89. The van der Waals surface area contributed by atoms with Gasteiger partial charge >= 0.3 is 0 Å². The van der Waals surface area contributed by atoms with Crippen LogP contribution in [0.25, 0.3) is 0 Å². The second-order valence-electron chi connectivity index (χ2n) is 8.55. The van der Waals surface area contributed by atoms with Crippen LogP contribution in [0.2, 0.25) is 0 Å². The van der Waals surface area contributed by atoms with E-state index >= 15 is 0 Å². The number of carbonyl (C=O) groups excluding carboxylic acids is 1. The standard InChI is InChI=1S/C25H36BrFN4O2/c1-5-29(17-19(2)6-7-23(26)14-20(3)27)9-8-21(4)30-10-12-31(13-11-30)25-24(33)15-22(18-32)16-28-25/h6-7,14-16,18,21,33H,5,8-13,17H2,1-4H3/b19-6+,20-14+,23-7+. The summed E-state index contributed by atoms with van der Waals surface area (Å²) < 4.78 is 13.7. The minimum atomic E-state index is -0.224. The average Bonchev–Trinajstić information content (AvgIpc) is 2.79. The van der Waals surface area contributed by atoms with E-state index in [0.29, 0.717) is 23.7 Å². The van der Waals surface area contributed by atoms with E-state index in [1.165, 1.54) is 30.8 Å². The van der Waals surface area contributed by atoms with E-state index in [9.17, 15) is 14.3 Å². The van der Waals surface area contributed by atoms with Gasteiger partial charge in [0.2, 0.25) is 0 Å². The number of likely N-dealkylation sites (N-methyl/N-ethyl adjacent to an activating group) is 1. The number of hydrogen-bond donors (Lipinski definition) is 1. The topological polar surface area (TPSA) is 59.9 Å². The van der Waals surface area contributed by atoms with Gasteiger partial charge in [-0.15, -0.1) is 0 Å². The fourth-order valence-corrected chi connectivity index (χ4v) is 4.36. The van der Waals surface area contributed by atoms with Crippen molar-refractivity contribution < 1.29 is 14.3 Å². The fourth-order valence-electron chi connectivity index (χ4n) is 3.91. The number of halogens is 2. The molecule has 0 aliphatic carbocycles. The van der Waals surface area contributed by atoms with Crippen molar-refractivity contribution in [3.63, 3.8) is 0 Å². The quantitative estimate of drug-likeness (QED) is 0.328. The summed E-state index contributed by atoms with van der Waals surface area (Å²) in [6.45, 7) is 14.2. The van der Waals surface area contributed by atoms with E-state index in [0.717, 1.165) is 56.7 Å². The van der Waals surface area contributed by atoms with Crippen molar-refractivity contribution in [3.05, 3.63) is 51.9 Å². The summed E-state index contributed by atoms with van der Waals surface area (Å²) in [5, 5.41) is 10.2. The van der Waals surface area contributed by atoms with Crippen molar-refractivity contribution in [1.82, 2.24) is 14.8 Å². The number of aromatic hydroxyl groups is 1. The number of pyridine rings is 1. The number of carbonyl (C=O) groups is 1. The predicted octanol–water partition coefficient (Wildman–Crippen LogP) is 4.92. The third-order valence-corrected chi connectivity index (χ3v) is 6.38. The first kappa shape index (κ1) is 27.2. The second kappa shape index (κ2) is 13.6.